The van der Waals surface area contributed by atoms with Crippen molar-refractivity contribution in [1.82, 2.24) is 4.90 Å². The Labute approximate surface area is 102 Å². The maximum absolute atomic E-state index is 12.0. The molecule has 1 heterocycles. The van der Waals surface area contributed by atoms with Crippen molar-refractivity contribution >= 4 is 24.0 Å². The summed E-state index contributed by atoms with van der Waals surface area (Å²) in [7, 11) is 0. The lowest BCUT2D eigenvalue weighted by atomic mass is 10.1. The SMILES string of the molecule is CC1CCN(C(=O)c2cccc(N)c2)C1.Cl. The zero-order valence-electron chi connectivity index (χ0n) is 9.35. The van der Waals surface area contributed by atoms with Crippen LogP contribution in [0.3, 0.4) is 0 Å². The van der Waals surface area contributed by atoms with Crippen molar-refractivity contribution in [1.29, 1.82) is 0 Å². The number of nitrogens with two attached hydrogens (primary N) is 1. The number of nitrogens with zero attached hydrogens (tertiary/aromatic N) is 1. The number of carbonyl (C=O) groups excluding carboxylic acids is 1. The van der Waals surface area contributed by atoms with E-state index in [9.17, 15) is 4.79 Å². The molecule has 0 spiro atoms. The predicted octanol–water partition coefficient (Wildman–Crippen LogP) is 2.17. The van der Waals surface area contributed by atoms with Crippen molar-refractivity contribution in [3.63, 3.8) is 0 Å². The first-order chi connectivity index (χ1) is 7.16. The van der Waals surface area contributed by atoms with E-state index in [0.29, 0.717) is 17.2 Å². The van der Waals surface area contributed by atoms with Crippen molar-refractivity contribution < 1.29 is 4.79 Å². The van der Waals surface area contributed by atoms with Gasteiger partial charge in [-0.2, -0.15) is 0 Å². The highest BCUT2D eigenvalue weighted by Gasteiger charge is 2.23. The second kappa shape index (κ2) is 5.21. The molecule has 1 aromatic rings. The molecule has 1 aromatic carbocycles. The molecule has 1 aliphatic rings. The van der Waals surface area contributed by atoms with Gasteiger partial charge in [-0.15, -0.1) is 12.4 Å². The van der Waals surface area contributed by atoms with Gasteiger partial charge in [-0.1, -0.05) is 13.0 Å². The van der Waals surface area contributed by atoms with Gasteiger partial charge in [0.05, 0.1) is 0 Å². The zero-order chi connectivity index (χ0) is 10.8. The molecule has 88 valence electrons. The summed E-state index contributed by atoms with van der Waals surface area (Å²) in [5.41, 5.74) is 7.00. The standard InChI is InChI=1S/C12H16N2O.ClH/c1-9-5-6-14(8-9)12(15)10-3-2-4-11(13)7-10;/h2-4,7,9H,5-6,8,13H2,1H3;1H. The van der Waals surface area contributed by atoms with Gasteiger partial charge in [0.1, 0.15) is 0 Å². The molecule has 1 fully saturated rings. The Morgan fingerprint density at radius 1 is 1.50 bits per heavy atom. The minimum Gasteiger partial charge on any atom is -0.399 e. The van der Waals surface area contributed by atoms with Gasteiger partial charge in [0, 0.05) is 24.3 Å². The highest BCUT2D eigenvalue weighted by molar-refractivity contribution is 5.95. The number of halogens is 1. The molecule has 0 aliphatic carbocycles. The van der Waals surface area contributed by atoms with E-state index in [1.54, 1.807) is 12.1 Å². The van der Waals surface area contributed by atoms with Crippen LogP contribution >= 0.6 is 12.4 Å². The van der Waals surface area contributed by atoms with Crippen LogP contribution in [0.15, 0.2) is 24.3 Å². The molecule has 1 unspecified atom stereocenters. The molecule has 4 heteroatoms. The molecule has 0 bridgehead atoms. The van der Waals surface area contributed by atoms with Crippen LogP contribution in [0, 0.1) is 5.92 Å². The fourth-order valence-electron chi connectivity index (χ4n) is 1.97. The Kier molecular flexibility index (Phi) is 4.19. The maximum atomic E-state index is 12.0. The number of carbonyl (C=O) groups is 1. The van der Waals surface area contributed by atoms with Crippen LogP contribution < -0.4 is 5.73 Å². The summed E-state index contributed by atoms with van der Waals surface area (Å²) in [6.45, 7) is 3.91. The number of amides is 1. The molecule has 2 N–H and O–H groups in total. The molecule has 0 saturated carbocycles. The summed E-state index contributed by atoms with van der Waals surface area (Å²) in [5, 5.41) is 0. The maximum Gasteiger partial charge on any atom is 0.253 e. The van der Waals surface area contributed by atoms with Gasteiger partial charge in [-0.3, -0.25) is 4.79 Å². The van der Waals surface area contributed by atoms with Crippen LogP contribution in [0.25, 0.3) is 0 Å². The van der Waals surface area contributed by atoms with Crippen molar-refractivity contribution in [2.75, 3.05) is 18.8 Å². The van der Waals surface area contributed by atoms with E-state index in [2.05, 4.69) is 6.92 Å². The lowest BCUT2D eigenvalue weighted by Crippen LogP contribution is -2.28. The van der Waals surface area contributed by atoms with Gasteiger partial charge in [0.25, 0.3) is 5.91 Å². The van der Waals surface area contributed by atoms with E-state index in [-0.39, 0.29) is 18.3 Å². The Balaban J connectivity index is 0.00000128. The van der Waals surface area contributed by atoms with E-state index in [1.165, 1.54) is 0 Å². The van der Waals surface area contributed by atoms with Crippen LogP contribution in [0.5, 0.6) is 0 Å². The zero-order valence-corrected chi connectivity index (χ0v) is 10.2. The first kappa shape index (κ1) is 12.8. The fraction of sp³-hybridized carbons (Fsp3) is 0.417. The van der Waals surface area contributed by atoms with Gasteiger partial charge in [0.2, 0.25) is 0 Å². The first-order valence-corrected chi connectivity index (χ1v) is 5.31. The minimum absolute atomic E-state index is 0. The lowest BCUT2D eigenvalue weighted by Gasteiger charge is -2.15. The molecule has 1 atom stereocenters. The molecular weight excluding hydrogens is 224 g/mol. The number of hydrogen-bond donors (Lipinski definition) is 1. The predicted molar refractivity (Wildman–Crippen MR) is 67.8 cm³/mol. The second-order valence-electron chi connectivity index (χ2n) is 4.27. The Morgan fingerprint density at radius 2 is 2.25 bits per heavy atom. The van der Waals surface area contributed by atoms with Crippen molar-refractivity contribution in [2.24, 2.45) is 5.92 Å². The third-order valence-corrected chi connectivity index (χ3v) is 2.84. The molecule has 3 nitrogen and oxygen atoms in total. The van der Waals surface area contributed by atoms with E-state index in [4.69, 9.17) is 5.73 Å². The van der Waals surface area contributed by atoms with Crippen LogP contribution in [0.1, 0.15) is 23.7 Å². The minimum atomic E-state index is 0. The topological polar surface area (TPSA) is 46.3 Å². The monoisotopic (exact) mass is 240 g/mol. The Bertz CT molecular complexity index is 381. The number of rotatable bonds is 1. The van der Waals surface area contributed by atoms with Gasteiger partial charge >= 0.3 is 0 Å². The van der Waals surface area contributed by atoms with Gasteiger partial charge in [0.15, 0.2) is 0 Å². The second-order valence-corrected chi connectivity index (χ2v) is 4.27. The molecule has 0 aromatic heterocycles. The summed E-state index contributed by atoms with van der Waals surface area (Å²) >= 11 is 0. The molecule has 1 amide bonds. The van der Waals surface area contributed by atoms with Crippen molar-refractivity contribution in [3.05, 3.63) is 29.8 Å². The summed E-state index contributed by atoms with van der Waals surface area (Å²) in [6.07, 6.45) is 1.11. The summed E-state index contributed by atoms with van der Waals surface area (Å²) in [4.78, 5) is 13.9. The van der Waals surface area contributed by atoms with Crippen LogP contribution in [-0.2, 0) is 0 Å². The molecule has 16 heavy (non-hydrogen) atoms. The molecule has 2 rings (SSSR count). The third-order valence-electron chi connectivity index (χ3n) is 2.84. The normalized spacial score (nSPS) is 19.3. The molecule has 1 aliphatic heterocycles. The lowest BCUT2D eigenvalue weighted by molar-refractivity contribution is 0.0788. The summed E-state index contributed by atoms with van der Waals surface area (Å²) in [6, 6.07) is 7.18. The highest BCUT2D eigenvalue weighted by Crippen LogP contribution is 2.18. The molecule has 1 saturated heterocycles. The van der Waals surface area contributed by atoms with E-state index in [1.807, 2.05) is 17.0 Å². The van der Waals surface area contributed by atoms with E-state index < -0.39 is 0 Å². The largest absolute Gasteiger partial charge is 0.399 e. The van der Waals surface area contributed by atoms with E-state index in [0.717, 1.165) is 19.5 Å². The van der Waals surface area contributed by atoms with Crippen LogP contribution in [-0.4, -0.2) is 23.9 Å². The average Bonchev–Trinajstić information content (AvgIpc) is 2.64. The van der Waals surface area contributed by atoms with Crippen molar-refractivity contribution in [3.8, 4) is 0 Å². The van der Waals surface area contributed by atoms with E-state index >= 15 is 0 Å². The smallest absolute Gasteiger partial charge is 0.253 e. The van der Waals surface area contributed by atoms with Crippen molar-refractivity contribution in [2.45, 2.75) is 13.3 Å². The fourth-order valence-corrected chi connectivity index (χ4v) is 1.97. The number of likely N-dealkylation sites (tertiary alicyclic amines) is 1. The summed E-state index contributed by atoms with van der Waals surface area (Å²) < 4.78 is 0. The molecular formula is C12H17ClN2O. The van der Waals surface area contributed by atoms with Crippen LogP contribution in [0.4, 0.5) is 5.69 Å². The Morgan fingerprint density at radius 3 is 2.81 bits per heavy atom. The number of hydrogen-bond acceptors (Lipinski definition) is 2. The quantitative estimate of drug-likeness (QED) is 0.765. The number of nitrogen functional groups attached to an aromatic ring is 1. The van der Waals surface area contributed by atoms with Gasteiger partial charge in [-0.25, -0.2) is 0 Å². The number of benzene rings is 1. The molecule has 0 radical (unpaired) electrons. The summed E-state index contributed by atoms with van der Waals surface area (Å²) in [5.74, 6) is 0.724. The number of anilines is 1. The van der Waals surface area contributed by atoms with Crippen LogP contribution in [0.2, 0.25) is 0 Å². The first-order valence-electron chi connectivity index (χ1n) is 5.31. The van der Waals surface area contributed by atoms with Gasteiger partial charge in [-0.05, 0) is 30.5 Å². The third kappa shape index (κ3) is 2.67. The average molecular weight is 241 g/mol. The Hall–Kier alpha value is -1.22. The highest BCUT2D eigenvalue weighted by atomic mass is 35.5. The van der Waals surface area contributed by atoms with Gasteiger partial charge < -0.3 is 10.6 Å².